The maximum atomic E-state index is 12.9. The van der Waals surface area contributed by atoms with Crippen molar-refractivity contribution < 1.29 is 9.53 Å². The van der Waals surface area contributed by atoms with Gasteiger partial charge < -0.3 is 4.74 Å². The summed E-state index contributed by atoms with van der Waals surface area (Å²) >= 11 is 0. The summed E-state index contributed by atoms with van der Waals surface area (Å²) in [6, 6.07) is 15.0. The monoisotopic (exact) mass is 332 g/mol. The molecule has 2 aromatic carbocycles. The van der Waals surface area contributed by atoms with E-state index < -0.39 is 0 Å². The first kappa shape index (κ1) is 16.9. The number of nitrogens with zero attached hydrogens (tertiary/aromatic N) is 2. The molecule has 1 heterocycles. The standard InChI is InChI=1S/C21H20N2O2/c1-21(2)12-15-6-4-5-7-16(15)18(23-21)11-19(24)17-9-8-14(13-22)10-20(17)25-3/h4-10H,11-12H2,1-3H3. The molecule has 0 bridgehead atoms. The maximum absolute atomic E-state index is 12.9. The van der Waals surface area contributed by atoms with Gasteiger partial charge in [0.1, 0.15) is 5.75 Å². The number of carbonyl (C=O) groups excluding carboxylic acids is 1. The zero-order valence-corrected chi connectivity index (χ0v) is 14.7. The molecule has 0 aromatic heterocycles. The number of nitriles is 1. The minimum atomic E-state index is -0.223. The van der Waals surface area contributed by atoms with E-state index in [9.17, 15) is 4.79 Å². The van der Waals surface area contributed by atoms with Crippen molar-refractivity contribution in [3.05, 3.63) is 64.7 Å². The van der Waals surface area contributed by atoms with Gasteiger partial charge in [-0.05, 0) is 49.6 Å². The summed E-state index contributed by atoms with van der Waals surface area (Å²) in [6.45, 7) is 4.16. The molecule has 25 heavy (non-hydrogen) atoms. The first-order chi connectivity index (χ1) is 11.9. The number of Topliss-reactive ketones (excluding diaryl/α,β-unsaturated/α-hetero) is 1. The number of fused-ring (bicyclic) bond motifs is 1. The normalized spacial score (nSPS) is 14.9. The number of benzene rings is 2. The number of rotatable bonds is 4. The predicted octanol–water partition coefficient (Wildman–Crippen LogP) is 3.96. The van der Waals surface area contributed by atoms with Crippen molar-refractivity contribution >= 4 is 11.5 Å². The Morgan fingerprint density at radius 2 is 2.04 bits per heavy atom. The average molecular weight is 332 g/mol. The Morgan fingerprint density at radius 3 is 2.76 bits per heavy atom. The molecule has 4 nitrogen and oxygen atoms in total. The third kappa shape index (κ3) is 3.46. The Balaban J connectivity index is 1.95. The number of carbonyl (C=O) groups is 1. The molecule has 0 radical (unpaired) electrons. The van der Waals surface area contributed by atoms with Crippen LogP contribution in [0.3, 0.4) is 0 Å². The van der Waals surface area contributed by atoms with E-state index in [1.54, 1.807) is 18.2 Å². The van der Waals surface area contributed by atoms with Crippen LogP contribution in [0.1, 0.15) is 47.3 Å². The highest BCUT2D eigenvalue weighted by Gasteiger charge is 2.28. The third-order valence-corrected chi connectivity index (χ3v) is 4.35. The van der Waals surface area contributed by atoms with Gasteiger partial charge in [0.2, 0.25) is 0 Å². The number of hydrogen-bond acceptors (Lipinski definition) is 4. The van der Waals surface area contributed by atoms with E-state index in [-0.39, 0.29) is 17.7 Å². The first-order valence-electron chi connectivity index (χ1n) is 8.22. The van der Waals surface area contributed by atoms with Crippen LogP contribution in [0.25, 0.3) is 0 Å². The number of ether oxygens (including phenoxy) is 1. The van der Waals surface area contributed by atoms with Crippen LogP contribution in [0.4, 0.5) is 0 Å². The fourth-order valence-electron chi connectivity index (χ4n) is 3.26. The topological polar surface area (TPSA) is 62.4 Å². The van der Waals surface area contributed by atoms with Gasteiger partial charge in [0.15, 0.2) is 5.78 Å². The highest BCUT2D eigenvalue weighted by molar-refractivity contribution is 6.17. The summed E-state index contributed by atoms with van der Waals surface area (Å²) in [5.74, 6) is 0.362. The van der Waals surface area contributed by atoms with E-state index in [1.165, 1.54) is 12.7 Å². The van der Waals surface area contributed by atoms with Crippen LogP contribution in [-0.2, 0) is 6.42 Å². The second-order valence-corrected chi connectivity index (χ2v) is 6.83. The van der Waals surface area contributed by atoms with Gasteiger partial charge in [0.25, 0.3) is 0 Å². The van der Waals surface area contributed by atoms with Gasteiger partial charge in [-0.1, -0.05) is 24.3 Å². The first-order valence-corrected chi connectivity index (χ1v) is 8.22. The van der Waals surface area contributed by atoms with Crippen LogP contribution in [0, 0.1) is 11.3 Å². The molecule has 0 saturated carbocycles. The van der Waals surface area contributed by atoms with E-state index in [4.69, 9.17) is 15.0 Å². The molecule has 1 aliphatic rings. The Kier molecular flexibility index (Phi) is 4.41. The van der Waals surface area contributed by atoms with E-state index in [0.29, 0.717) is 16.9 Å². The van der Waals surface area contributed by atoms with Crippen LogP contribution in [-0.4, -0.2) is 24.1 Å². The van der Waals surface area contributed by atoms with Crippen molar-refractivity contribution in [3.63, 3.8) is 0 Å². The molecule has 2 aromatic rings. The van der Waals surface area contributed by atoms with Crippen molar-refractivity contribution in [2.45, 2.75) is 32.2 Å². The Labute approximate surface area is 147 Å². The van der Waals surface area contributed by atoms with Crippen molar-refractivity contribution in [1.29, 1.82) is 5.26 Å². The fraction of sp³-hybridized carbons (Fsp3) is 0.286. The van der Waals surface area contributed by atoms with Crippen molar-refractivity contribution in [1.82, 2.24) is 0 Å². The molecule has 0 N–H and O–H groups in total. The summed E-state index contributed by atoms with van der Waals surface area (Å²) in [7, 11) is 1.50. The van der Waals surface area contributed by atoms with E-state index in [2.05, 4.69) is 26.0 Å². The lowest BCUT2D eigenvalue weighted by Gasteiger charge is -2.29. The number of hydrogen-bond donors (Lipinski definition) is 0. The molecule has 0 aliphatic carbocycles. The lowest BCUT2D eigenvalue weighted by Crippen LogP contribution is -2.30. The van der Waals surface area contributed by atoms with E-state index in [0.717, 1.165) is 17.7 Å². The zero-order chi connectivity index (χ0) is 18.0. The minimum absolute atomic E-state index is 0.0624. The van der Waals surface area contributed by atoms with Crippen molar-refractivity contribution in [3.8, 4) is 11.8 Å². The molecule has 3 rings (SSSR count). The highest BCUT2D eigenvalue weighted by Crippen LogP contribution is 2.29. The van der Waals surface area contributed by atoms with Crippen LogP contribution in [0.15, 0.2) is 47.5 Å². The quantitative estimate of drug-likeness (QED) is 0.796. The van der Waals surface area contributed by atoms with Gasteiger partial charge in [-0.25, -0.2) is 0 Å². The highest BCUT2D eigenvalue weighted by atomic mass is 16.5. The van der Waals surface area contributed by atoms with Gasteiger partial charge in [0, 0.05) is 0 Å². The number of ketones is 1. The molecule has 0 saturated heterocycles. The molecule has 1 aliphatic heterocycles. The smallest absolute Gasteiger partial charge is 0.172 e. The molecular formula is C21H20N2O2. The Hall–Kier alpha value is -2.93. The predicted molar refractivity (Wildman–Crippen MR) is 97.4 cm³/mol. The molecule has 4 heteroatoms. The molecular weight excluding hydrogens is 312 g/mol. The summed E-state index contributed by atoms with van der Waals surface area (Å²) in [5, 5.41) is 9.01. The lowest BCUT2D eigenvalue weighted by molar-refractivity contribution is 0.0997. The van der Waals surface area contributed by atoms with Crippen LogP contribution < -0.4 is 4.74 Å². The van der Waals surface area contributed by atoms with Gasteiger partial charge in [-0.2, -0.15) is 5.26 Å². The second kappa shape index (κ2) is 6.52. The summed E-state index contributed by atoms with van der Waals surface area (Å²) in [5.41, 5.74) is 3.79. The summed E-state index contributed by atoms with van der Waals surface area (Å²) in [4.78, 5) is 17.7. The van der Waals surface area contributed by atoms with Crippen LogP contribution in [0.2, 0.25) is 0 Å². The van der Waals surface area contributed by atoms with Gasteiger partial charge in [-0.3, -0.25) is 9.79 Å². The van der Waals surface area contributed by atoms with Gasteiger partial charge in [0.05, 0.1) is 42.0 Å². The zero-order valence-electron chi connectivity index (χ0n) is 14.7. The molecule has 0 spiro atoms. The van der Waals surface area contributed by atoms with Gasteiger partial charge >= 0.3 is 0 Å². The third-order valence-electron chi connectivity index (χ3n) is 4.35. The van der Waals surface area contributed by atoms with Crippen LogP contribution in [0.5, 0.6) is 5.75 Å². The SMILES string of the molecule is COc1cc(C#N)ccc1C(=O)CC1=NC(C)(C)Cc2ccccc21. The van der Waals surface area contributed by atoms with Crippen LogP contribution >= 0.6 is 0 Å². The lowest BCUT2D eigenvalue weighted by atomic mass is 9.85. The summed E-state index contributed by atoms with van der Waals surface area (Å²) < 4.78 is 5.30. The average Bonchev–Trinajstić information content (AvgIpc) is 2.60. The Morgan fingerprint density at radius 1 is 1.28 bits per heavy atom. The fourth-order valence-corrected chi connectivity index (χ4v) is 3.26. The number of methoxy groups -OCH3 is 1. The molecule has 0 amide bonds. The molecule has 0 atom stereocenters. The molecule has 0 fully saturated rings. The number of aliphatic imine (C=N–C) groups is 1. The van der Waals surface area contributed by atoms with E-state index >= 15 is 0 Å². The largest absolute Gasteiger partial charge is 0.496 e. The van der Waals surface area contributed by atoms with Crippen molar-refractivity contribution in [2.75, 3.05) is 7.11 Å². The minimum Gasteiger partial charge on any atom is -0.496 e. The van der Waals surface area contributed by atoms with Gasteiger partial charge in [-0.15, -0.1) is 0 Å². The second-order valence-electron chi connectivity index (χ2n) is 6.83. The molecule has 126 valence electrons. The van der Waals surface area contributed by atoms with Crippen molar-refractivity contribution in [2.24, 2.45) is 4.99 Å². The maximum Gasteiger partial charge on any atom is 0.172 e. The van der Waals surface area contributed by atoms with E-state index in [1.807, 2.05) is 18.2 Å². The summed E-state index contributed by atoms with van der Waals surface area (Å²) in [6.07, 6.45) is 1.07. The Bertz CT molecular complexity index is 904. The molecule has 0 unspecified atom stereocenters.